The van der Waals surface area contributed by atoms with Gasteiger partial charge in [0.05, 0.1) is 64.2 Å². The molecular weight excluding hydrogens is 466 g/mol. The second kappa shape index (κ2) is 16.1. The van der Waals surface area contributed by atoms with Crippen LogP contribution in [0.3, 0.4) is 0 Å². The number of hydrogen-bond acceptors (Lipinski definition) is 9. The zero-order chi connectivity index (χ0) is 25.6. The molecule has 1 aromatic heterocycles. The number of carbonyl (C=O) groups is 2. The lowest BCUT2D eigenvalue weighted by Gasteiger charge is -2.08. The summed E-state index contributed by atoms with van der Waals surface area (Å²) in [5, 5.41) is 8.44. The van der Waals surface area contributed by atoms with E-state index in [2.05, 4.69) is 10.3 Å². The molecule has 0 aliphatic heterocycles. The lowest BCUT2D eigenvalue weighted by molar-refractivity contribution is -0.144. The molecule has 10 nitrogen and oxygen atoms in total. The van der Waals surface area contributed by atoms with Crippen molar-refractivity contribution >= 4 is 11.8 Å². The fourth-order valence-electron chi connectivity index (χ4n) is 4.86. The number of nitrogens with zero attached hydrogens (tertiary/aromatic N) is 3. The predicted octanol–water partition coefficient (Wildman–Crippen LogP) is 2.32. The number of carbonyl (C=O) groups excluding carboxylic acids is 2. The van der Waals surface area contributed by atoms with E-state index >= 15 is 0 Å². The van der Waals surface area contributed by atoms with E-state index in [1.165, 1.54) is 5.69 Å². The molecule has 0 radical (unpaired) electrons. The van der Waals surface area contributed by atoms with Crippen LogP contribution >= 0.6 is 0 Å². The molecule has 36 heavy (non-hydrogen) atoms. The molecule has 0 unspecified atom stereocenters. The molecule has 0 bridgehead atoms. The van der Waals surface area contributed by atoms with E-state index < -0.39 is 0 Å². The van der Waals surface area contributed by atoms with Gasteiger partial charge in [0.15, 0.2) is 0 Å². The number of aromatic nitrogens is 3. The van der Waals surface area contributed by atoms with Gasteiger partial charge < -0.3 is 23.7 Å². The van der Waals surface area contributed by atoms with Crippen molar-refractivity contribution in [2.75, 3.05) is 59.5 Å². The first kappa shape index (κ1) is 28.7. The minimum atomic E-state index is -0.138. The van der Waals surface area contributed by atoms with E-state index in [-0.39, 0.29) is 11.8 Å². The minimum Gasteiger partial charge on any atom is -0.465 e. The molecule has 2 aliphatic rings. The Kier molecular flexibility index (Phi) is 12.8. The Labute approximate surface area is 214 Å². The molecule has 1 heterocycles. The van der Waals surface area contributed by atoms with Crippen LogP contribution in [-0.4, -0.2) is 86.2 Å². The number of Topliss-reactive ketones (excluding diaryl/α,β-unsaturated/α-hetero) is 1. The second-order valence-corrected chi connectivity index (χ2v) is 9.55. The van der Waals surface area contributed by atoms with Crippen LogP contribution in [0.4, 0.5) is 0 Å². The monoisotopic (exact) mass is 509 g/mol. The number of hydrogen-bond donors (Lipinski definition) is 0. The van der Waals surface area contributed by atoms with Gasteiger partial charge in [-0.3, -0.25) is 14.3 Å². The van der Waals surface area contributed by atoms with Gasteiger partial charge in [0, 0.05) is 32.9 Å². The first-order valence-corrected chi connectivity index (χ1v) is 13.5. The van der Waals surface area contributed by atoms with Gasteiger partial charge in [-0.1, -0.05) is 12.1 Å². The van der Waals surface area contributed by atoms with E-state index in [1.807, 2.05) is 18.7 Å². The molecule has 10 heteroatoms. The molecule has 204 valence electrons. The largest absolute Gasteiger partial charge is 0.465 e. The van der Waals surface area contributed by atoms with Gasteiger partial charge in [0.2, 0.25) is 0 Å². The summed E-state index contributed by atoms with van der Waals surface area (Å²) in [5.41, 5.74) is 2.39. The molecule has 1 saturated carbocycles. The average molecular weight is 510 g/mol. The maximum absolute atomic E-state index is 12.1. The van der Waals surface area contributed by atoms with E-state index in [4.69, 9.17) is 23.7 Å². The number of esters is 1. The molecule has 0 saturated heterocycles. The molecule has 0 spiro atoms. The Bertz CT molecular complexity index is 801. The Hall–Kier alpha value is -1.88. The van der Waals surface area contributed by atoms with Crippen LogP contribution in [0.5, 0.6) is 0 Å². The third-order valence-corrected chi connectivity index (χ3v) is 7.10. The highest BCUT2D eigenvalue weighted by Gasteiger charge is 2.50. The third-order valence-electron chi connectivity index (χ3n) is 7.10. The Morgan fingerprint density at radius 2 is 1.47 bits per heavy atom. The van der Waals surface area contributed by atoms with Crippen LogP contribution in [0.15, 0.2) is 0 Å². The standard InChI is InChI=1S/C26H43N3O7/c1-3-20(30)10-12-33-14-16-35-18-17-34-15-13-32-11-4-5-26(31)36-19-23-21-6-8-24-25(9-7-22(21)23)29(2)28-27-24/h21-23H,3-19H2,1-2H3/t21-,22+,23-/m1/s1. The first-order chi connectivity index (χ1) is 17.6. The number of ketones is 1. The van der Waals surface area contributed by atoms with E-state index in [0.717, 1.165) is 31.4 Å². The summed E-state index contributed by atoms with van der Waals surface area (Å²) in [7, 11) is 1.96. The maximum Gasteiger partial charge on any atom is 0.305 e. The minimum absolute atomic E-state index is 0.138. The van der Waals surface area contributed by atoms with Crippen LogP contribution < -0.4 is 0 Å². The molecular formula is C26H43N3O7. The van der Waals surface area contributed by atoms with Crippen molar-refractivity contribution in [1.82, 2.24) is 15.0 Å². The summed E-state index contributed by atoms with van der Waals surface area (Å²) >= 11 is 0. The zero-order valence-corrected chi connectivity index (χ0v) is 22.0. The number of fused-ring (bicyclic) bond motifs is 2. The van der Waals surface area contributed by atoms with Gasteiger partial charge in [0.25, 0.3) is 0 Å². The summed E-state index contributed by atoms with van der Waals surface area (Å²) in [6.45, 7) is 6.29. The van der Waals surface area contributed by atoms with Crippen molar-refractivity contribution < 1.29 is 33.3 Å². The van der Waals surface area contributed by atoms with E-state index in [9.17, 15) is 9.59 Å². The van der Waals surface area contributed by atoms with Crippen LogP contribution in [0.1, 0.15) is 56.8 Å². The maximum atomic E-state index is 12.1. The average Bonchev–Trinajstić information content (AvgIpc) is 3.40. The lowest BCUT2D eigenvalue weighted by Crippen LogP contribution is -2.13. The van der Waals surface area contributed by atoms with Crippen LogP contribution in [0, 0.1) is 17.8 Å². The highest BCUT2D eigenvalue weighted by molar-refractivity contribution is 5.78. The number of rotatable bonds is 19. The zero-order valence-electron chi connectivity index (χ0n) is 22.0. The molecule has 0 aromatic carbocycles. The fraction of sp³-hybridized carbons (Fsp3) is 0.846. The smallest absolute Gasteiger partial charge is 0.305 e. The van der Waals surface area contributed by atoms with E-state index in [1.54, 1.807) is 0 Å². The Morgan fingerprint density at radius 1 is 0.861 bits per heavy atom. The van der Waals surface area contributed by atoms with Crippen LogP contribution in [0.2, 0.25) is 0 Å². The quantitative estimate of drug-likeness (QED) is 0.205. The van der Waals surface area contributed by atoms with Crippen molar-refractivity contribution in [1.29, 1.82) is 0 Å². The summed E-state index contributed by atoms with van der Waals surface area (Å²) in [6, 6.07) is 0. The highest BCUT2D eigenvalue weighted by atomic mass is 16.6. The van der Waals surface area contributed by atoms with Crippen molar-refractivity contribution in [3.63, 3.8) is 0 Å². The summed E-state index contributed by atoms with van der Waals surface area (Å²) in [6.07, 6.45) is 6.27. The van der Waals surface area contributed by atoms with Crippen molar-refractivity contribution in [2.24, 2.45) is 24.8 Å². The lowest BCUT2D eigenvalue weighted by atomic mass is 10.0. The van der Waals surface area contributed by atoms with Gasteiger partial charge in [-0.2, -0.15) is 0 Å². The molecule has 0 amide bonds. The second-order valence-electron chi connectivity index (χ2n) is 9.55. The van der Waals surface area contributed by atoms with Gasteiger partial charge in [-0.15, -0.1) is 5.10 Å². The first-order valence-electron chi connectivity index (χ1n) is 13.5. The summed E-state index contributed by atoms with van der Waals surface area (Å²) < 4.78 is 29.2. The number of ether oxygens (including phenoxy) is 5. The number of aryl methyl sites for hydroxylation is 2. The molecule has 2 aliphatic carbocycles. The fourth-order valence-corrected chi connectivity index (χ4v) is 4.86. The van der Waals surface area contributed by atoms with Gasteiger partial charge >= 0.3 is 5.97 Å². The SMILES string of the molecule is CCC(=O)CCOCCOCCOCCOCCCC(=O)OC[C@@H]1[C@@H]2CCc3nnn(C)c3CC[C@@H]21. The molecule has 0 N–H and O–H groups in total. The van der Waals surface area contributed by atoms with Crippen LogP contribution in [0.25, 0.3) is 0 Å². The van der Waals surface area contributed by atoms with Gasteiger partial charge in [-0.05, 0) is 49.9 Å². The van der Waals surface area contributed by atoms with Crippen molar-refractivity contribution in [2.45, 2.75) is 58.3 Å². The van der Waals surface area contributed by atoms with Gasteiger partial charge in [-0.25, -0.2) is 0 Å². The Morgan fingerprint density at radius 3 is 2.14 bits per heavy atom. The van der Waals surface area contributed by atoms with Gasteiger partial charge in [0.1, 0.15) is 5.78 Å². The van der Waals surface area contributed by atoms with Crippen LogP contribution in [-0.2, 0) is 53.2 Å². The molecule has 3 rings (SSSR count). The topological polar surface area (TPSA) is 111 Å². The normalized spacial score (nSPS) is 20.8. The summed E-state index contributed by atoms with van der Waals surface area (Å²) in [4.78, 5) is 23.2. The third kappa shape index (κ3) is 9.88. The molecule has 1 fully saturated rings. The Balaban J connectivity index is 1.07. The molecule has 1 aromatic rings. The van der Waals surface area contributed by atoms with E-state index in [0.29, 0.717) is 103 Å². The van der Waals surface area contributed by atoms with Crippen molar-refractivity contribution in [3.05, 3.63) is 11.4 Å². The molecule has 3 atom stereocenters. The highest BCUT2D eigenvalue weighted by Crippen LogP contribution is 2.52. The van der Waals surface area contributed by atoms with Crippen molar-refractivity contribution in [3.8, 4) is 0 Å². The predicted molar refractivity (Wildman–Crippen MR) is 131 cm³/mol. The summed E-state index contributed by atoms with van der Waals surface area (Å²) in [5.74, 6) is 1.88.